The number of rotatable bonds is 15. The molecular formula is C21H35N5O5. The number of nitrogens with one attached hydrogen (secondary N) is 2. The van der Waals surface area contributed by atoms with E-state index in [1.807, 2.05) is 0 Å². The van der Waals surface area contributed by atoms with E-state index in [0.29, 0.717) is 44.3 Å². The molecule has 0 radical (unpaired) electrons. The van der Waals surface area contributed by atoms with Gasteiger partial charge in [0.2, 0.25) is 11.8 Å². The summed E-state index contributed by atoms with van der Waals surface area (Å²) in [5, 5.41) is 24.0. The molecule has 0 aromatic heterocycles. The number of phenols is 1. The summed E-state index contributed by atoms with van der Waals surface area (Å²) in [6.45, 7) is 0.933. The zero-order valence-electron chi connectivity index (χ0n) is 17.8. The number of carboxylic acids is 1. The van der Waals surface area contributed by atoms with Gasteiger partial charge in [-0.3, -0.25) is 9.59 Å². The Labute approximate surface area is 182 Å². The van der Waals surface area contributed by atoms with Crippen molar-refractivity contribution in [3.63, 3.8) is 0 Å². The molecule has 0 heterocycles. The number of aliphatic carboxylic acids is 1. The van der Waals surface area contributed by atoms with E-state index in [0.717, 1.165) is 6.42 Å². The van der Waals surface area contributed by atoms with Crippen molar-refractivity contribution in [2.24, 2.45) is 17.2 Å². The molecule has 0 aliphatic heterocycles. The van der Waals surface area contributed by atoms with Gasteiger partial charge in [0.25, 0.3) is 0 Å². The van der Waals surface area contributed by atoms with Crippen LogP contribution in [0.15, 0.2) is 24.3 Å². The van der Waals surface area contributed by atoms with Gasteiger partial charge in [-0.05, 0) is 62.9 Å². The van der Waals surface area contributed by atoms with Crippen molar-refractivity contribution in [3.8, 4) is 5.75 Å². The zero-order valence-corrected chi connectivity index (χ0v) is 17.8. The van der Waals surface area contributed by atoms with Crippen LogP contribution in [-0.4, -0.2) is 59.2 Å². The van der Waals surface area contributed by atoms with E-state index in [1.165, 1.54) is 12.1 Å². The van der Waals surface area contributed by atoms with E-state index in [9.17, 15) is 24.6 Å². The van der Waals surface area contributed by atoms with Gasteiger partial charge in [0.1, 0.15) is 17.8 Å². The largest absolute Gasteiger partial charge is 0.508 e. The number of benzene rings is 1. The fourth-order valence-corrected chi connectivity index (χ4v) is 3.02. The number of carbonyl (C=O) groups is 3. The van der Waals surface area contributed by atoms with Gasteiger partial charge in [-0.25, -0.2) is 4.79 Å². The molecule has 10 heteroatoms. The molecule has 0 aliphatic rings. The van der Waals surface area contributed by atoms with Gasteiger partial charge in [0, 0.05) is 6.42 Å². The maximum absolute atomic E-state index is 12.9. The SMILES string of the molecule is NCCCC[C@H](N)C(=O)N[C@@H](Cc1ccc(O)cc1)C(=O)N[C@H](CCCCN)C(=O)O. The third kappa shape index (κ3) is 10.3. The first-order valence-corrected chi connectivity index (χ1v) is 10.6. The minimum atomic E-state index is -1.15. The van der Waals surface area contributed by atoms with E-state index in [2.05, 4.69) is 10.6 Å². The number of amides is 2. The van der Waals surface area contributed by atoms with E-state index >= 15 is 0 Å². The highest BCUT2D eigenvalue weighted by Crippen LogP contribution is 2.12. The van der Waals surface area contributed by atoms with Crippen LogP contribution in [-0.2, 0) is 20.8 Å². The Morgan fingerprint density at radius 3 is 1.94 bits per heavy atom. The molecule has 0 unspecified atom stereocenters. The number of nitrogens with two attached hydrogens (primary N) is 3. The van der Waals surface area contributed by atoms with Gasteiger partial charge in [0.15, 0.2) is 0 Å². The van der Waals surface area contributed by atoms with Crippen molar-refractivity contribution >= 4 is 17.8 Å². The predicted octanol–water partition coefficient (Wildman–Crippen LogP) is -0.426. The summed E-state index contributed by atoms with van der Waals surface area (Å²) >= 11 is 0. The maximum atomic E-state index is 12.9. The minimum Gasteiger partial charge on any atom is -0.508 e. The normalized spacial score (nSPS) is 13.8. The molecule has 10 N–H and O–H groups in total. The van der Waals surface area contributed by atoms with Crippen molar-refractivity contribution in [3.05, 3.63) is 29.8 Å². The second-order valence-corrected chi connectivity index (χ2v) is 7.51. The Morgan fingerprint density at radius 1 is 0.839 bits per heavy atom. The number of hydrogen-bond donors (Lipinski definition) is 7. The predicted molar refractivity (Wildman–Crippen MR) is 117 cm³/mol. The highest BCUT2D eigenvalue weighted by molar-refractivity contribution is 5.91. The molecule has 2 amide bonds. The fourth-order valence-electron chi connectivity index (χ4n) is 3.02. The van der Waals surface area contributed by atoms with Gasteiger partial charge in [-0.15, -0.1) is 0 Å². The molecule has 0 spiro atoms. The summed E-state index contributed by atoms with van der Waals surface area (Å²) in [5.41, 5.74) is 17.5. The Bertz CT molecular complexity index is 698. The van der Waals surface area contributed by atoms with Crippen molar-refractivity contribution in [1.82, 2.24) is 10.6 Å². The smallest absolute Gasteiger partial charge is 0.326 e. The summed E-state index contributed by atoms with van der Waals surface area (Å²) in [7, 11) is 0. The van der Waals surface area contributed by atoms with Crippen LogP contribution in [0.25, 0.3) is 0 Å². The second kappa shape index (κ2) is 14.3. The third-order valence-electron chi connectivity index (χ3n) is 4.88. The van der Waals surface area contributed by atoms with Crippen molar-refractivity contribution in [1.29, 1.82) is 0 Å². The van der Waals surface area contributed by atoms with Crippen LogP contribution >= 0.6 is 0 Å². The number of carboxylic acid groups (broad SMARTS) is 1. The summed E-state index contributed by atoms with van der Waals surface area (Å²) in [5.74, 6) is -2.19. The molecule has 0 fully saturated rings. The highest BCUT2D eigenvalue weighted by atomic mass is 16.4. The van der Waals surface area contributed by atoms with E-state index < -0.39 is 35.9 Å². The van der Waals surface area contributed by atoms with E-state index in [4.69, 9.17) is 17.2 Å². The lowest BCUT2D eigenvalue weighted by molar-refractivity contribution is -0.142. The molecule has 0 bridgehead atoms. The third-order valence-corrected chi connectivity index (χ3v) is 4.88. The van der Waals surface area contributed by atoms with Crippen LogP contribution in [0.4, 0.5) is 0 Å². The molecule has 31 heavy (non-hydrogen) atoms. The molecule has 1 aromatic rings. The molecule has 3 atom stereocenters. The monoisotopic (exact) mass is 437 g/mol. The van der Waals surface area contributed by atoms with Crippen LogP contribution in [0.1, 0.15) is 44.1 Å². The van der Waals surface area contributed by atoms with Gasteiger partial charge in [-0.2, -0.15) is 0 Å². The topological polar surface area (TPSA) is 194 Å². The van der Waals surface area contributed by atoms with E-state index in [1.54, 1.807) is 12.1 Å². The van der Waals surface area contributed by atoms with Gasteiger partial charge in [0.05, 0.1) is 6.04 Å². The quantitative estimate of drug-likeness (QED) is 0.180. The molecule has 10 nitrogen and oxygen atoms in total. The molecule has 174 valence electrons. The molecule has 0 aliphatic carbocycles. The first-order valence-electron chi connectivity index (χ1n) is 10.6. The number of hydrogen-bond acceptors (Lipinski definition) is 7. The molecule has 1 aromatic carbocycles. The average molecular weight is 438 g/mol. The maximum Gasteiger partial charge on any atom is 0.326 e. The van der Waals surface area contributed by atoms with Gasteiger partial charge in [-0.1, -0.05) is 18.6 Å². The molecular weight excluding hydrogens is 402 g/mol. The van der Waals surface area contributed by atoms with Crippen LogP contribution in [0.2, 0.25) is 0 Å². The summed E-state index contributed by atoms with van der Waals surface area (Å²) in [6.07, 6.45) is 3.38. The molecule has 0 saturated carbocycles. The van der Waals surface area contributed by atoms with Gasteiger partial charge >= 0.3 is 5.97 Å². The van der Waals surface area contributed by atoms with Crippen LogP contribution in [0, 0.1) is 0 Å². The Hall–Kier alpha value is -2.69. The van der Waals surface area contributed by atoms with Crippen LogP contribution in [0.3, 0.4) is 0 Å². The first-order chi connectivity index (χ1) is 14.8. The number of aromatic hydroxyl groups is 1. The Morgan fingerprint density at radius 2 is 1.39 bits per heavy atom. The summed E-state index contributed by atoms with van der Waals surface area (Å²) < 4.78 is 0. The average Bonchev–Trinajstić information content (AvgIpc) is 2.73. The summed E-state index contributed by atoms with van der Waals surface area (Å²) in [4.78, 5) is 36.9. The zero-order chi connectivity index (χ0) is 23.2. The second-order valence-electron chi connectivity index (χ2n) is 7.51. The van der Waals surface area contributed by atoms with E-state index in [-0.39, 0.29) is 18.6 Å². The number of unbranched alkanes of at least 4 members (excludes halogenated alkanes) is 2. The van der Waals surface area contributed by atoms with Crippen LogP contribution in [0.5, 0.6) is 5.75 Å². The van der Waals surface area contributed by atoms with Crippen LogP contribution < -0.4 is 27.8 Å². The lowest BCUT2D eigenvalue weighted by atomic mass is 10.0. The lowest BCUT2D eigenvalue weighted by Crippen LogP contribution is -2.55. The minimum absolute atomic E-state index is 0.0709. The highest BCUT2D eigenvalue weighted by Gasteiger charge is 2.28. The van der Waals surface area contributed by atoms with Crippen molar-refractivity contribution in [2.75, 3.05) is 13.1 Å². The molecule has 1 rings (SSSR count). The number of carbonyl (C=O) groups excluding carboxylic acids is 2. The fraction of sp³-hybridized carbons (Fsp3) is 0.571. The Balaban J connectivity index is 2.88. The summed E-state index contributed by atoms with van der Waals surface area (Å²) in [6, 6.07) is 3.28. The number of phenolic OH excluding ortho intramolecular Hbond substituents is 1. The van der Waals surface area contributed by atoms with Gasteiger partial charge < -0.3 is 38.0 Å². The first kappa shape index (κ1) is 26.3. The van der Waals surface area contributed by atoms with Crippen molar-refractivity contribution < 1.29 is 24.6 Å². The lowest BCUT2D eigenvalue weighted by Gasteiger charge is -2.23. The Kier molecular flexibility index (Phi) is 12.2. The molecule has 0 saturated heterocycles. The van der Waals surface area contributed by atoms with Crippen molar-refractivity contribution in [2.45, 2.75) is 63.1 Å². The standard InChI is InChI=1S/C21H35N5O5/c22-11-3-1-5-16(24)19(28)26-18(13-14-7-9-15(27)10-8-14)20(29)25-17(21(30)31)6-2-4-12-23/h7-10,16-18,27H,1-6,11-13,22-24H2,(H,25,29)(H,26,28)(H,30,31)/t16-,17+,18-/m0/s1.